The minimum absolute atomic E-state index is 0.214. The second-order valence-corrected chi connectivity index (χ2v) is 6.15. The van der Waals surface area contributed by atoms with Crippen molar-refractivity contribution in [3.05, 3.63) is 18.0 Å². The Balaban J connectivity index is 2.99. The molecule has 1 rings (SSSR count). The van der Waals surface area contributed by atoms with Crippen molar-refractivity contribution in [2.45, 2.75) is 18.2 Å². The van der Waals surface area contributed by atoms with Crippen molar-refractivity contribution in [1.82, 2.24) is 15.1 Å². The minimum Gasteiger partial charge on any atom is -0.312 e. The monoisotopic (exact) mass is 231 g/mol. The Bertz CT molecular complexity index is 424. The molecule has 2 atom stereocenters. The van der Waals surface area contributed by atoms with Crippen molar-refractivity contribution in [3.8, 4) is 0 Å². The smallest absolute Gasteiger partial charge is 0.151 e. The van der Waals surface area contributed by atoms with E-state index in [1.54, 1.807) is 31.9 Å². The zero-order valence-corrected chi connectivity index (χ0v) is 10.2. The van der Waals surface area contributed by atoms with Gasteiger partial charge in [-0.3, -0.25) is 4.68 Å². The lowest BCUT2D eigenvalue weighted by Crippen LogP contribution is -2.32. The van der Waals surface area contributed by atoms with Crippen LogP contribution in [0.4, 0.5) is 0 Å². The van der Waals surface area contributed by atoms with Gasteiger partial charge in [0, 0.05) is 25.1 Å². The fourth-order valence-corrected chi connectivity index (χ4v) is 2.31. The number of nitrogens with one attached hydrogen (secondary N) is 1. The van der Waals surface area contributed by atoms with E-state index in [0.29, 0.717) is 0 Å². The van der Waals surface area contributed by atoms with E-state index < -0.39 is 15.1 Å². The van der Waals surface area contributed by atoms with Gasteiger partial charge in [0.2, 0.25) is 0 Å². The minimum atomic E-state index is -3.05. The molecule has 0 aliphatic heterocycles. The molecule has 0 aliphatic rings. The van der Waals surface area contributed by atoms with Crippen molar-refractivity contribution >= 4 is 9.84 Å². The third-order valence-corrected chi connectivity index (χ3v) is 4.16. The molecule has 0 bridgehead atoms. The molecule has 0 saturated heterocycles. The van der Waals surface area contributed by atoms with E-state index in [9.17, 15) is 8.42 Å². The Morgan fingerprint density at radius 1 is 1.53 bits per heavy atom. The lowest BCUT2D eigenvalue weighted by Gasteiger charge is -2.20. The van der Waals surface area contributed by atoms with Crippen LogP contribution in [0.2, 0.25) is 0 Å². The fraction of sp³-hybridized carbons (Fsp3) is 0.667. The van der Waals surface area contributed by atoms with Crippen LogP contribution in [-0.4, -0.2) is 36.8 Å². The molecule has 1 N–H and O–H groups in total. The summed E-state index contributed by atoms with van der Waals surface area (Å²) in [7, 11) is 0.504. The van der Waals surface area contributed by atoms with Gasteiger partial charge in [0.15, 0.2) is 9.84 Å². The number of aryl methyl sites for hydroxylation is 1. The van der Waals surface area contributed by atoms with Gasteiger partial charge in [-0.25, -0.2) is 8.42 Å². The maximum Gasteiger partial charge on any atom is 0.151 e. The molecular weight excluding hydrogens is 214 g/mol. The predicted octanol–water partition coefficient (Wildman–Crippen LogP) is 0.114. The number of aromatic nitrogens is 2. The first-order chi connectivity index (χ1) is 6.86. The molecule has 15 heavy (non-hydrogen) atoms. The molecule has 0 aromatic carbocycles. The van der Waals surface area contributed by atoms with E-state index in [2.05, 4.69) is 10.4 Å². The standard InChI is InChI=1S/C9H17N3O2S/c1-7(15(4,13)14)9(10-2)8-5-11-12(3)6-8/h5-7,9-10H,1-4H3. The van der Waals surface area contributed by atoms with Crippen LogP contribution in [0.5, 0.6) is 0 Å². The Labute approximate surface area is 90.4 Å². The number of hydrogen-bond acceptors (Lipinski definition) is 4. The molecule has 2 unspecified atom stereocenters. The fourth-order valence-electron chi connectivity index (χ4n) is 1.52. The Hall–Kier alpha value is -0.880. The predicted molar refractivity (Wildman–Crippen MR) is 59.3 cm³/mol. The number of rotatable bonds is 4. The second kappa shape index (κ2) is 4.32. The summed E-state index contributed by atoms with van der Waals surface area (Å²) in [5.41, 5.74) is 0.887. The van der Waals surface area contributed by atoms with Gasteiger partial charge in [-0.15, -0.1) is 0 Å². The SMILES string of the molecule is CNC(c1cnn(C)c1)C(C)S(C)(=O)=O. The number of hydrogen-bond donors (Lipinski definition) is 1. The largest absolute Gasteiger partial charge is 0.312 e. The molecule has 1 aromatic rings. The molecule has 0 amide bonds. The summed E-state index contributed by atoms with van der Waals surface area (Å²) in [6, 6.07) is -0.214. The maximum absolute atomic E-state index is 11.4. The summed E-state index contributed by atoms with van der Waals surface area (Å²) >= 11 is 0. The third kappa shape index (κ3) is 2.79. The van der Waals surface area contributed by atoms with Gasteiger partial charge in [-0.1, -0.05) is 0 Å². The van der Waals surface area contributed by atoms with Gasteiger partial charge in [0.1, 0.15) is 0 Å². The first-order valence-corrected chi connectivity index (χ1v) is 6.66. The average molecular weight is 231 g/mol. The molecular formula is C9H17N3O2S. The van der Waals surface area contributed by atoms with Gasteiger partial charge in [-0.05, 0) is 14.0 Å². The molecule has 0 spiro atoms. The lowest BCUT2D eigenvalue weighted by atomic mass is 10.1. The summed E-state index contributed by atoms with van der Waals surface area (Å²) in [4.78, 5) is 0. The number of sulfone groups is 1. The van der Waals surface area contributed by atoms with Crippen LogP contribution in [-0.2, 0) is 16.9 Å². The van der Waals surface area contributed by atoms with Crippen LogP contribution >= 0.6 is 0 Å². The van der Waals surface area contributed by atoms with Crippen LogP contribution in [0.25, 0.3) is 0 Å². The van der Waals surface area contributed by atoms with Gasteiger partial charge < -0.3 is 5.32 Å². The Morgan fingerprint density at radius 3 is 2.47 bits per heavy atom. The van der Waals surface area contributed by atoms with Crippen molar-refractivity contribution in [2.75, 3.05) is 13.3 Å². The maximum atomic E-state index is 11.4. The number of nitrogens with zero attached hydrogens (tertiary/aromatic N) is 2. The molecule has 1 heterocycles. The van der Waals surface area contributed by atoms with Gasteiger partial charge in [0.25, 0.3) is 0 Å². The molecule has 0 fully saturated rings. The van der Waals surface area contributed by atoms with Crippen molar-refractivity contribution < 1.29 is 8.42 Å². The second-order valence-electron chi connectivity index (χ2n) is 3.75. The Kier molecular flexibility index (Phi) is 3.51. The molecule has 0 radical (unpaired) electrons. The van der Waals surface area contributed by atoms with Crippen molar-refractivity contribution in [1.29, 1.82) is 0 Å². The molecule has 86 valence electrons. The van der Waals surface area contributed by atoms with Crippen molar-refractivity contribution in [2.24, 2.45) is 7.05 Å². The summed E-state index contributed by atoms with van der Waals surface area (Å²) in [6.07, 6.45) is 4.75. The van der Waals surface area contributed by atoms with E-state index in [1.165, 1.54) is 6.26 Å². The normalized spacial score (nSPS) is 16.3. The van der Waals surface area contributed by atoms with Crippen LogP contribution < -0.4 is 5.32 Å². The van der Waals surface area contributed by atoms with E-state index in [4.69, 9.17) is 0 Å². The summed E-state index contributed by atoms with van der Waals surface area (Å²) < 4.78 is 24.6. The van der Waals surface area contributed by atoms with Gasteiger partial charge in [-0.2, -0.15) is 5.10 Å². The highest BCUT2D eigenvalue weighted by Crippen LogP contribution is 2.20. The highest BCUT2D eigenvalue weighted by atomic mass is 32.2. The van der Waals surface area contributed by atoms with E-state index >= 15 is 0 Å². The van der Waals surface area contributed by atoms with Crippen LogP contribution in [0.15, 0.2) is 12.4 Å². The molecule has 5 nitrogen and oxygen atoms in total. The zero-order chi connectivity index (χ0) is 11.6. The van der Waals surface area contributed by atoms with Crippen LogP contribution in [0.1, 0.15) is 18.5 Å². The molecule has 0 aliphatic carbocycles. The molecule has 1 aromatic heterocycles. The van der Waals surface area contributed by atoms with Crippen molar-refractivity contribution in [3.63, 3.8) is 0 Å². The first kappa shape index (κ1) is 12.2. The highest BCUT2D eigenvalue weighted by Gasteiger charge is 2.26. The molecule has 0 saturated carbocycles. The Morgan fingerprint density at radius 2 is 2.13 bits per heavy atom. The highest BCUT2D eigenvalue weighted by molar-refractivity contribution is 7.91. The summed E-state index contributed by atoms with van der Waals surface area (Å²) in [5.74, 6) is 0. The zero-order valence-electron chi connectivity index (χ0n) is 9.43. The lowest BCUT2D eigenvalue weighted by molar-refractivity contribution is 0.534. The van der Waals surface area contributed by atoms with Crippen LogP contribution in [0, 0.1) is 0 Å². The quantitative estimate of drug-likeness (QED) is 0.799. The van der Waals surface area contributed by atoms with E-state index in [-0.39, 0.29) is 6.04 Å². The summed E-state index contributed by atoms with van der Waals surface area (Å²) in [6.45, 7) is 1.70. The first-order valence-electron chi connectivity index (χ1n) is 4.71. The van der Waals surface area contributed by atoms with E-state index in [1.807, 2.05) is 6.20 Å². The van der Waals surface area contributed by atoms with E-state index in [0.717, 1.165) is 5.56 Å². The molecule has 6 heteroatoms. The van der Waals surface area contributed by atoms with Gasteiger partial charge in [0.05, 0.1) is 17.5 Å². The average Bonchev–Trinajstić information content (AvgIpc) is 2.51. The van der Waals surface area contributed by atoms with Crippen LogP contribution in [0.3, 0.4) is 0 Å². The summed E-state index contributed by atoms with van der Waals surface area (Å²) in [5, 5.41) is 6.57. The third-order valence-electron chi connectivity index (χ3n) is 2.54. The topological polar surface area (TPSA) is 64.0 Å². The van der Waals surface area contributed by atoms with Gasteiger partial charge >= 0.3 is 0 Å².